The van der Waals surface area contributed by atoms with Gasteiger partial charge in [0, 0.05) is 19.1 Å². The first-order valence-electron chi connectivity index (χ1n) is 8.53. The highest BCUT2D eigenvalue weighted by molar-refractivity contribution is 14.0. The Balaban J connectivity index is 0.00000400. The van der Waals surface area contributed by atoms with Crippen molar-refractivity contribution in [1.82, 2.24) is 15.5 Å². The smallest absolute Gasteiger partial charge is 0.191 e. The third-order valence-corrected chi connectivity index (χ3v) is 3.94. The first kappa shape index (κ1) is 21.0. The van der Waals surface area contributed by atoms with E-state index in [1.165, 1.54) is 45.3 Å². The van der Waals surface area contributed by atoms with Crippen LogP contribution in [-0.2, 0) is 0 Å². The van der Waals surface area contributed by atoms with Crippen LogP contribution in [0.4, 0.5) is 0 Å². The van der Waals surface area contributed by atoms with Crippen LogP contribution < -0.4 is 10.6 Å². The molecule has 1 heterocycles. The van der Waals surface area contributed by atoms with Crippen LogP contribution >= 0.6 is 24.0 Å². The zero-order valence-corrected chi connectivity index (χ0v) is 16.5. The molecule has 0 aromatic carbocycles. The Morgan fingerprint density at radius 2 is 1.81 bits per heavy atom. The van der Waals surface area contributed by atoms with Crippen LogP contribution in [0.1, 0.15) is 59.3 Å². The van der Waals surface area contributed by atoms with Crippen molar-refractivity contribution in [2.45, 2.75) is 65.3 Å². The van der Waals surface area contributed by atoms with Crippen LogP contribution in [0.15, 0.2) is 4.99 Å². The third kappa shape index (κ3) is 10.3. The van der Waals surface area contributed by atoms with Gasteiger partial charge in [0.2, 0.25) is 0 Å². The van der Waals surface area contributed by atoms with Gasteiger partial charge < -0.3 is 15.5 Å². The molecule has 1 aliphatic rings. The average molecular weight is 410 g/mol. The lowest BCUT2D eigenvalue weighted by atomic mass is 10.2. The van der Waals surface area contributed by atoms with Crippen molar-refractivity contribution in [1.29, 1.82) is 0 Å². The van der Waals surface area contributed by atoms with E-state index in [1.54, 1.807) is 0 Å². The van der Waals surface area contributed by atoms with E-state index < -0.39 is 0 Å². The minimum atomic E-state index is 0. The molecule has 1 unspecified atom stereocenters. The molecule has 5 heteroatoms. The number of aliphatic imine (C=N–C) groups is 1. The molecule has 126 valence electrons. The predicted octanol–water partition coefficient (Wildman–Crippen LogP) is 3.22. The number of rotatable bonds is 7. The molecule has 1 atom stereocenters. The topological polar surface area (TPSA) is 39.7 Å². The maximum absolute atomic E-state index is 4.68. The second-order valence-corrected chi connectivity index (χ2v) is 5.82. The van der Waals surface area contributed by atoms with Crippen LogP contribution in [0.3, 0.4) is 0 Å². The van der Waals surface area contributed by atoms with Crippen LogP contribution in [0.5, 0.6) is 0 Å². The Kier molecular flexibility index (Phi) is 13.6. The van der Waals surface area contributed by atoms with Gasteiger partial charge in [0.25, 0.3) is 0 Å². The minimum Gasteiger partial charge on any atom is -0.357 e. The Bertz CT molecular complexity index is 263. The van der Waals surface area contributed by atoms with Crippen LogP contribution in [0.25, 0.3) is 0 Å². The quantitative estimate of drug-likeness (QED) is 0.293. The number of nitrogens with one attached hydrogen (secondary N) is 2. The summed E-state index contributed by atoms with van der Waals surface area (Å²) in [6, 6.07) is 0.485. The lowest BCUT2D eigenvalue weighted by molar-refractivity contribution is 0.283. The predicted molar refractivity (Wildman–Crippen MR) is 104 cm³/mol. The number of nitrogens with zero attached hydrogens (tertiary/aromatic N) is 2. The van der Waals surface area contributed by atoms with Gasteiger partial charge >= 0.3 is 0 Å². The highest BCUT2D eigenvalue weighted by Crippen LogP contribution is 2.09. The van der Waals surface area contributed by atoms with Gasteiger partial charge in [0.15, 0.2) is 5.96 Å². The average Bonchev–Trinajstić information content (AvgIpc) is 2.72. The maximum Gasteiger partial charge on any atom is 0.191 e. The van der Waals surface area contributed by atoms with Crippen molar-refractivity contribution < 1.29 is 0 Å². The SMILES string of the molecule is CCNC(=NCCCN1CCCCCC1)NC(C)CC.I. The molecular formula is C16H35IN4. The molecule has 0 aromatic heterocycles. The highest BCUT2D eigenvalue weighted by atomic mass is 127. The Hall–Kier alpha value is -0.0400. The molecule has 0 amide bonds. The van der Waals surface area contributed by atoms with Gasteiger partial charge in [-0.1, -0.05) is 19.8 Å². The number of hydrogen-bond acceptors (Lipinski definition) is 2. The monoisotopic (exact) mass is 410 g/mol. The summed E-state index contributed by atoms with van der Waals surface area (Å²) in [5, 5.41) is 6.76. The molecular weight excluding hydrogens is 375 g/mol. The largest absolute Gasteiger partial charge is 0.357 e. The fourth-order valence-corrected chi connectivity index (χ4v) is 2.50. The molecule has 4 nitrogen and oxygen atoms in total. The molecule has 0 aromatic rings. The summed E-state index contributed by atoms with van der Waals surface area (Å²) in [7, 11) is 0. The molecule has 21 heavy (non-hydrogen) atoms. The van der Waals surface area contributed by atoms with E-state index in [-0.39, 0.29) is 24.0 Å². The van der Waals surface area contributed by atoms with E-state index in [0.29, 0.717) is 6.04 Å². The summed E-state index contributed by atoms with van der Waals surface area (Å²) < 4.78 is 0. The molecule has 1 saturated heterocycles. The molecule has 0 bridgehead atoms. The number of hydrogen-bond donors (Lipinski definition) is 2. The second kappa shape index (κ2) is 13.6. The van der Waals surface area contributed by atoms with Gasteiger partial charge in [-0.05, 0) is 59.2 Å². The molecule has 0 radical (unpaired) electrons. The van der Waals surface area contributed by atoms with Gasteiger partial charge in [-0.3, -0.25) is 4.99 Å². The molecule has 1 fully saturated rings. The van der Waals surface area contributed by atoms with Crippen molar-refractivity contribution in [2.75, 3.05) is 32.7 Å². The number of likely N-dealkylation sites (tertiary alicyclic amines) is 1. The second-order valence-electron chi connectivity index (χ2n) is 5.82. The Morgan fingerprint density at radius 3 is 2.38 bits per heavy atom. The van der Waals surface area contributed by atoms with E-state index in [1.807, 2.05) is 0 Å². The molecule has 1 aliphatic heterocycles. The lowest BCUT2D eigenvalue weighted by Crippen LogP contribution is -2.42. The normalized spacial score (nSPS) is 18.5. The number of guanidine groups is 1. The van der Waals surface area contributed by atoms with Gasteiger partial charge in [-0.2, -0.15) is 0 Å². The van der Waals surface area contributed by atoms with Gasteiger partial charge in [0.05, 0.1) is 0 Å². The molecule has 0 spiro atoms. The summed E-state index contributed by atoms with van der Waals surface area (Å²) >= 11 is 0. The summed E-state index contributed by atoms with van der Waals surface area (Å²) in [5.74, 6) is 0.970. The summed E-state index contributed by atoms with van der Waals surface area (Å²) in [4.78, 5) is 7.29. The molecule has 0 saturated carbocycles. The van der Waals surface area contributed by atoms with Crippen molar-refractivity contribution in [3.05, 3.63) is 0 Å². The number of halogens is 1. The lowest BCUT2D eigenvalue weighted by Gasteiger charge is -2.19. The first-order chi connectivity index (χ1) is 9.76. The summed E-state index contributed by atoms with van der Waals surface area (Å²) in [5.41, 5.74) is 0. The molecule has 2 N–H and O–H groups in total. The summed E-state index contributed by atoms with van der Waals surface area (Å²) in [6.07, 6.45) is 7.87. The fraction of sp³-hybridized carbons (Fsp3) is 0.938. The van der Waals surface area contributed by atoms with E-state index in [4.69, 9.17) is 0 Å². The zero-order valence-electron chi connectivity index (χ0n) is 14.2. The minimum absolute atomic E-state index is 0. The third-order valence-electron chi connectivity index (χ3n) is 3.94. The van der Waals surface area contributed by atoms with E-state index in [2.05, 4.69) is 41.3 Å². The standard InChI is InChI=1S/C16H34N4.HI/c1-4-15(3)19-16(17-5-2)18-11-10-14-20-12-8-6-7-9-13-20;/h15H,4-14H2,1-3H3,(H2,17,18,19);1H. The Morgan fingerprint density at radius 1 is 1.14 bits per heavy atom. The van der Waals surface area contributed by atoms with Gasteiger partial charge in [0.1, 0.15) is 0 Å². The van der Waals surface area contributed by atoms with Gasteiger partial charge in [-0.15, -0.1) is 24.0 Å². The summed E-state index contributed by atoms with van der Waals surface area (Å²) in [6.45, 7) is 12.1. The molecule has 1 rings (SSSR count). The van der Waals surface area contributed by atoms with Crippen molar-refractivity contribution >= 4 is 29.9 Å². The molecule has 0 aliphatic carbocycles. The van der Waals surface area contributed by atoms with Crippen molar-refractivity contribution in [2.24, 2.45) is 4.99 Å². The van der Waals surface area contributed by atoms with Gasteiger partial charge in [-0.25, -0.2) is 0 Å². The van der Waals surface area contributed by atoms with E-state index >= 15 is 0 Å². The zero-order chi connectivity index (χ0) is 14.6. The van der Waals surface area contributed by atoms with E-state index in [9.17, 15) is 0 Å². The van der Waals surface area contributed by atoms with E-state index in [0.717, 1.165) is 31.9 Å². The Labute approximate surface area is 148 Å². The highest BCUT2D eigenvalue weighted by Gasteiger charge is 2.08. The maximum atomic E-state index is 4.68. The first-order valence-corrected chi connectivity index (χ1v) is 8.53. The van der Waals surface area contributed by atoms with Crippen molar-refractivity contribution in [3.63, 3.8) is 0 Å². The van der Waals surface area contributed by atoms with Crippen LogP contribution in [0.2, 0.25) is 0 Å². The fourth-order valence-electron chi connectivity index (χ4n) is 2.50. The van der Waals surface area contributed by atoms with Crippen LogP contribution in [0, 0.1) is 0 Å². The van der Waals surface area contributed by atoms with Crippen molar-refractivity contribution in [3.8, 4) is 0 Å². The van der Waals surface area contributed by atoms with Crippen LogP contribution in [-0.4, -0.2) is 49.6 Å².